The number of carbonyl (C=O) groups excluding carboxylic acids is 2. The highest BCUT2D eigenvalue weighted by atomic mass is 32.1. The molecule has 0 radical (unpaired) electrons. The molecule has 0 saturated carbocycles. The maximum atomic E-state index is 13.1. The van der Waals surface area contributed by atoms with Crippen molar-refractivity contribution >= 4 is 46.6 Å². The smallest absolute Gasteiger partial charge is 0.270 e. The minimum Gasteiger partial charge on any atom is -0.488 e. The number of nitrogens with one attached hydrogen (secondary N) is 1. The fraction of sp³-hybridized carbons (Fsp3) is 0.0417. The topological polar surface area (TPSA) is 102 Å². The number of nitro groups is 1. The van der Waals surface area contributed by atoms with Crippen molar-refractivity contribution in [1.29, 1.82) is 0 Å². The summed E-state index contributed by atoms with van der Waals surface area (Å²) in [5, 5.41) is 13.4. The lowest BCUT2D eigenvalue weighted by Gasteiger charge is -2.28. The molecule has 0 atom stereocenters. The van der Waals surface area contributed by atoms with Crippen LogP contribution in [0.5, 0.6) is 5.75 Å². The first-order chi connectivity index (χ1) is 15.9. The molecule has 1 aliphatic rings. The molecule has 33 heavy (non-hydrogen) atoms. The normalized spacial score (nSPS) is 14.8. The van der Waals surface area contributed by atoms with Crippen molar-refractivity contribution in [2.24, 2.45) is 0 Å². The summed E-state index contributed by atoms with van der Waals surface area (Å²) in [6.45, 7) is 0.151. The van der Waals surface area contributed by atoms with E-state index in [1.165, 1.54) is 23.1 Å². The Labute approximate surface area is 194 Å². The zero-order valence-corrected chi connectivity index (χ0v) is 18.0. The summed E-state index contributed by atoms with van der Waals surface area (Å²) in [5.41, 5.74) is 1.71. The number of nitro benzene ring substituents is 1. The lowest BCUT2D eigenvalue weighted by Crippen LogP contribution is -2.54. The van der Waals surface area contributed by atoms with Crippen LogP contribution in [0.1, 0.15) is 11.1 Å². The predicted molar refractivity (Wildman–Crippen MR) is 127 cm³/mol. The number of para-hydroxylation sites is 2. The average molecular weight is 459 g/mol. The van der Waals surface area contributed by atoms with E-state index in [9.17, 15) is 19.7 Å². The number of benzene rings is 3. The maximum Gasteiger partial charge on any atom is 0.270 e. The number of hydrogen-bond donors (Lipinski definition) is 1. The zero-order valence-electron chi connectivity index (χ0n) is 17.1. The van der Waals surface area contributed by atoms with Gasteiger partial charge < -0.3 is 4.74 Å². The van der Waals surface area contributed by atoms with Crippen LogP contribution in [0.3, 0.4) is 0 Å². The van der Waals surface area contributed by atoms with Gasteiger partial charge in [-0.1, -0.05) is 36.4 Å². The quantitative estimate of drug-likeness (QED) is 0.197. The van der Waals surface area contributed by atoms with Crippen molar-refractivity contribution in [3.05, 3.63) is 106 Å². The van der Waals surface area contributed by atoms with Crippen LogP contribution in [0.2, 0.25) is 0 Å². The fourth-order valence-electron chi connectivity index (χ4n) is 3.23. The average Bonchev–Trinajstić information content (AvgIpc) is 2.82. The third kappa shape index (κ3) is 4.78. The van der Waals surface area contributed by atoms with Gasteiger partial charge in [-0.15, -0.1) is 0 Å². The van der Waals surface area contributed by atoms with Gasteiger partial charge in [-0.25, -0.2) is 0 Å². The summed E-state index contributed by atoms with van der Waals surface area (Å²) >= 11 is 5.21. The van der Waals surface area contributed by atoms with Crippen LogP contribution < -0.4 is 15.0 Å². The summed E-state index contributed by atoms with van der Waals surface area (Å²) in [4.78, 5) is 37.3. The van der Waals surface area contributed by atoms with Gasteiger partial charge in [-0.2, -0.15) is 0 Å². The van der Waals surface area contributed by atoms with Crippen LogP contribution in [0, 0.1) is 10.1 Å². The Hall–Kier alpha value is -4.37. The minimum atomic E-state index is -0.595. The fourth-order valence-corrected chi connectivity index (χ4v) is 3.51. The Morgan fingerprint density at radius 1 is 0.970 bits per heavy atom. The molecule has 1 aliphatic heterocycles. The molecule has 0 aliphatic carbocycles. The Bertz CT molecular complexity index is 1270. The van der Waals surface area contributed by atoms with Gasteiger partial charge in [0.05, 0.1) is 10.6 Å². The van der Waals surface area contributed by atoms with E-state index in [-0.39, 0.29) is 23.0 Å². The lowest BCUT2D eigenvalue weighted by molar-refractivity contribution is -0.384. The number of thiocarbonyl (C=S) groups is 1. The second kappa shape index (κ2) is 9.41. The van der Waals surface area contributed by atoms with Crippen molar-refractivity contribution in [3.8, 4) is 5.75 Å². The Balaban J connectivity index is 1.59. The van der Waals surface area contributed by atoms with E-state index in [1.54, 1.807) is 60.7 Å². The minimum absolute atomic E-state index is 0.00779. The molecule has 1 heterocycles. The van der Waals surface area contributed by atoms with Gasteiger partial charge in [0.2, 0.25) is 0 Å². The van der Waals surface area contributed by atoms with Crippen molar-refractivity contribution in [1.82, 2.24) is 5.32 Å². The van der Waals surface area contributed by atoms with Crippen LogP contribution in [-0.2, 0) is 16.2 Å². The molecule has 0 bridgehead atoms. The standard InChI is InChI=1S/C24H17N3O5S/c28-22-20(23(29)26(24(33)25-22)18-7-2-1-3-8-18)14-17-6-4-5-9-21(17)32-15-16-10-12-19(13-11-16)27(30)31/h1-14H,15H2,(H,25,28,33)/b20-14-. The third-order valence-corrected chi connectivity index (χ3v) is 5.16. The highest BCUT2D eigenvalue weighted by Crippen LogP contribution is 2.26. The highest BCUT2D eigenvalue weighted by Gasteiger charge is 2.34. The van der Waals surface area contributed by atoms with Crippen LogP contribution in [0.4, 0.5) is 11.4 Å². The molecule has 0 spiro atoms. The summed E-state index contributed by atoms with van der Waals surface area (Å²) in [7, 11) is 0. The summed E-state index contributed by atoms with van der Waals surface area (Å²) in [6.07, 6.45) is 1.46. The van der Waals surface area contributed by atoms with Gasteiger partial charge in [0, 0.05) is 17.7 Å². The Morgan fingerprint density at radius 2 is 1.64 bits per heavy atom. The molecule has 1 N–H and O–H groups in total. The number of nitrogens with zero attached hydrogens (tertiary/aromatic N) is 2. The molecular weight excluding hydrogens is 442 g/mol. The van der Waals surface area contributed by atoms with Gasteiger partial charge >= 0.3 is 0 Å². The molecule has 1 saturated heterocycles. The van der Waals surface area contributed by atoms with E-state index in [0.29, 0.717) is 17.0 Å². The Morgan fingerprint density at radius 3 is 2.33 bits per heavy atom. The van der Waals surface area contributed by atoms with Crippen LogP contribution >= 0.6 is 12.2 Å². The van der Waals surface area contributed by atoms with Gasteiger partial charge in [-0.05, 0) is 54.2 Å². The molecule has 3 aromatic rings. The van der Waals surface area contributed by atoms with Crippen molar-refractivity contribution in [2.75, 3.05) is 4.90 Å². The van der Waals surface area contributed by atoms with Gasteiger partial charge in [0.1, 0.15) is 17.9 Å². The lowest BCUT2D eigenvalue weighted by atomic mass is 10.1. The van der Waals surface area contributed by atoms with Crippen LogP contribution in [0.25, 0.3) is 6.08 Å². The van der Waals surface area contributed by atoms with Gasteiger partial charge in [0.25, 0.3) is 17.5 Å². The maximum absolute atomic E-state index is 13.1. The van der Waals surface area contributed by atoms with Gasteiger partial charge in [0.15, 0.2) is 5.11 Å². The van der Waals surface area contributed by atoms with Crippen LogP contribution in [0.15, 0.2) is 84.4 Å². The number of hydrogen-bond acceptors (Lipinski definition) is 6. The monoisotopic (exact) mass is 459 g/mol. The van der Waals surface area contributed by atoms with E-state index >= 15 is 0 Å². The summed E-state index contributed by atoms with van der Waals surface area (Å²) in [6, 6.07) is 21.8. The van der Waals surface area contributed by atoms with Crippen LogP contribution in [-0.4, -0.2) is 21.9 Å². The number of anilines is 1. The van der Waals surface area contributed by atoms with E-state index < -0.39 is 16.7 Å². The second-order valence-corrected chi connectivity index (χ2v) is 7.43. The molecule has 164 valence electrons. The number of rotatable bonds is 6. The highest BCUT2D eigenvalue weighted by molar-refractivity contribution is 7.80. The summed E-state index contributed by atoms with van der Waals surface area (Å²) in [5.74, 6) is -0.689. The largest absolute Gasteiger partial charge is 0.488 e. The molecule has 2 amide bonds. The zero-order chi connectivity index (χ0) is 23.4. The molecule has 1 fully saturated rings. The molecule has 8 nitrogen and oxygen atoms in total. The molecular formula is C24H17N3O5S. The molecule has 9 heteroatoms. The number of amides is 2. The number of ether oxygens (including phenoxy) is 1. The van der Waals surface area contributed by atoms with Crippen molar-refractivity contribution < 1.29 is 19.2 Å². The molecule has 0 aromatic heterocycles. The second-order valence-electron chi connectivity index (χ2n) is 7.04. The van der Waals surface area contributed by atoms with Gasteiger partial charge in [-0.3, -0.25) is 29.9 Å². The first kappa shape index (κ1) is 21.8. The van der Waals surface area contributed by atoms with Crippen molar-refractivity contribution in [2.45, 2.75) is 6.61 Å². The molecule has 4 rings (SSSR count). The predicted octanol–water partition coefficient (Wildman–Crippen LogP) is 4.01. The Kier molecular flexibility index (Phi) is 6.23. The van der Waals surface area contributed by atoms with E-state index in [0.717, 1.165) is 5.56 Å². The number of carbonyl (C=O) groups is 2. The SMILES string of the molecule is O=C1NC(=S)N(c2ccccc2)C(=O)/C1=C\c1ccccc1OCc1ccc([N+](=O)[O-])cc1. The molecule has 3 aromatic carbocycles. The first-order valence-electron chi connectivity index (χ1n) is 9.86. The summed E-state index contributed by atoms with van der Waals surface area (Å²) < 4.78 is 5.87. The molecule has 0 unspecified atom stereocenters. The van der Waals surface area contributed by atoms with E-state index in [1.807, 2.05) is 6.07 Å². The number of non-ortho nitro benzene ring substituents is 1. The van der Waals surface area contributed by atoms with Crippen molar-refractivity contribution in [3.63, 3.8) is 0 Å². The van der Waals surface area contributed by atoms with E-state index in [2.05, 4.69) is 5.32 Å². The third-order valence-electron chi connectivity index (χ3n) is 4.88. The first-order valence-corrected chi connectivity index (χ1v) is 10.3. The van der Waals surface area contributed by atoms with E-state index in [4.69, 9.17) is 17.0 Å².